The molecule has 56 valence electrons. The van der Waals surface area contributed by atoms with Crippen LogP contribution in [0.25, 0.3) is 0 Å². The molecular formula is C9H10N2. The van der Waals surface area contributed by atoms with Crippen LogP contribution in [-0.2, 0) is 6.42 Å². The number of hydrogen-bond acceptors (Lipinski definition) is 2. The summed E-state index contributed by atoms with van der Waals surface area (Å²) in [5.74, 6) is 0. The first-order valence-electron chi connectivity index (χ1n) is 3.55. The standard InChI is InChI=1S/C9H10N2/c10-7-3-5-8-4-1-2-6-9(8)11/h1-2,4,6H,3,5,11H2. The fourth-order valence-corrected chi connectivity index (χ4v) is 0.952. The van der Waals surface area contributed by atoms with Crippen molar-refractivity contribution in [1.82, 2.24) is 0 Å². The van der Waals surface area contributed by atoms with E-state index in [2.05, 4.69) is 6.07 Å². The van der Waals surface area contributed by atoms with Crippen molar-refractivity contribution in [1.29, 1.82) is 5.26 Å². The number of nitriles is 1. The minimum atomic E-state index is 0.536. The summed E-state index contributed by atoms with van der Waals surface area (Å²) >= 11 is 0. The van der Waals surface area contributed by atoms with Gasteiger partial charge in [0.1, 0.15) is 0 Å². The average molecular weight is 146 g/mol. The molecule has 1 rings (SSSR count). The third kappa shape index (κ3) is 1.98. The van der Waals surface area contributed by atoms with E-state index in [9.17, 15) is 0 Å². The van der Waals surface area contributed by atoms with Crippen LogP contribution in [0.4, 0.5) is 5.69 Å². The molecular weight excluding hydrogens is 136 g/mol. The second-order valence-electron chi connectivity index (χ2n) is 2.36. The van der Waals surface area contributed by atoms with Crippen molar-refractivity contribution in [2.45, 2.75) is 12.8 Å². The fraction of sp³-hybridized carbons (Fsp3) is 0.222. The van der Waals surface area contributed by atoms with Gasteiger partial charge in [-0.05, 0) is 18.1 Å². The lowest BCUT2D eigenvalue weighted by atomic mass is 10.1. The zero-order valence-corrected chi connectivity index (χ0v) is 6.25. The van der Waals surface area contributed by atoms with Gasteiger partial charge in [-0.25, -0.2) is 0 Å². The molecule has 0 aliphatic rings. The minimum absolute atomic E-state index is 0.536. The van der Waals surface area contributed by atoms with Crippen LogP contribution >= 0.6 is 0 Å². The van der Waals surface area contributed by atoms with Crippen LogP contribution in [-0.4, -0.2) is 0 Å². The van der Waals surface area contributed by atoms with E-state index < -0.39 is 0 Å². The van der Waals surface area contributed by atoms with Gasteiger partial charge >= 0.3 is 0 Å². The number of aryl methyl sites for hydroxylation is 1. The van der Waals surface area contributed by atoms with Gasteiger partial charge in [0.2, 0.25) is 0 Å². The van der Waals surface area contributed by atoms with E-state index in [1.807, 2.05) is 24.3 Å². The highest BCUT2D eigenvalue weighted by atomic mass is 14.6. The number of nitrogen functional groups attached to an aromatic ring is 1. The number of para-hydroxylation sites is 1. The zero-order valence-electron chi connectivity index (χ0n) is 6.25. The molecule has 0 aliphatic carbocycles. The molecule has 1 aromatic rings. The van der Waals surface area contributed by atoms with Crippen LogP contribution in [0.2, 0.25) is 0 Å². The molecule has 0 spiro atoms. The second kappa shape index (κ2) is 3.62. The third-order valence-electron chi connectivity index (χ3n) is 1.56. The number of benzene rings is 1. The molecule has 0 unspecified atom stereocenters. The summed E-state index contributed by atoms with van der Waals surface area (Å²) in [6.07, 6.45) is 1.29. The van der Waals surface area contributed by atoms with E-state index >= 15 is 0 Å². The Labute approximate surface area is 66.3 Å². The molecule has 0 saturated heterocycles. The lowest BCUT2D eigenvalue weighted by Gasteiger charge is -2.00. The van der Waals surface area contributed by atoms with Gasteiger partial charge in [-0.1, -0.05) is 18.2 Å². The third-order valence-corrected chi connectivity index (χ3v) is 1.56. The van der Waals surface area contributed by atoms with Crippen molar-refractivity contribution in [3.8, 4) is 6.07 Å². The highest BCUT2D eigenvalue weighted by Gasteiger charge is 1.95. The molecule has 0 fully saturated rings. The summed E-state index contributed by atoms with van der Waals surface area (Å²) < 4.78 is 0. The number of nitrogens with two attached hydrogens (primary N) is 1. The Hall–Kier alpha value is -1.49. The van der Waals surface area contributed by atoms with Crippen molar-refractivity contribution >= 4 is 5.69 Å². The predicted molar refractivity (Wildman–Crippen MR) is 44.8 cm³/mol. The first-order chi connectivity index (χ1) is 5.34. The lowest BCUT2D eigenvalue weighted by Crippen LogP contribution is -1.92. The van der Waals surface area contributed by atoms with E-state index in [1.165, 1.54) is 0 Å². The second-order valence-corrected chi connectivity index (χ2v) is 2.36. The summed E-state index contributed by atoms with van der Waals surface area (Å²) in [5.41, 5.74) is 7.50. The highest BCUT2D eigenvalue weighted by molar-refractivity contribution is 5.46. The maximum Gasteiger partial charge on any atom is 0.0625 e. The number of hydrogen-bond donors (Lipinski definition) is 1. The summed E-state index contributed by atoms with van der Waals surface area (Å²) in [5, 5.41) is 8.33. The molecule has 0 aromatic heterocycles. The van der Waals surface area contributed by atoms with Crippen molar-refractivity contribution in [2.24, 2.45) is 0 Å². The predicted octanol–water partition coefficient (Wildman–Crippen LogP) is 1.72. The van der Waals surface area contributed by atoms with Gasteiger partial charge in [0.15, 0.2) is 0 Å². The highest BCUT2D eigenvalue weighted by Crippen LogP contribution is 2.11. The van der Waals surface area contributed by atoms with E-state index in [-0.39, 0.29) is 0 Å². The average Bonchev–Trinajstić information content (AvgIpc) is 2.03. The van der Waals surface area contributed by atoms with Crippen LogP contribution < -0.4 is 5.73 Å². The van der Waals surface area contributed by atoms with Crippen molar-refractivity contribution in [3.05, 3.63) is 29.8 Å². The topological polar surface area (TPSA) is 49.8 Å². The van der Waals surface area contributed by atoms with Crippen LogP contribution in [0.1, 0.15) is 12.0 Å². The number of rotatable bonds is 2. The van der Waals surface area contributed by atoms with E-state index in [4.69, 9.17) is 11.0 Å². The first kappa shape index (κ1) is 7.62. The Morgan fingerprint density at radius 1 is 1.36 bits per heavy atom. The lowest BCUT2D eigenvalue weighted by molar-refractivity contribution is 1.01. The van der Waals surface area contributed by atoms with Crippen molar-refractivity contribution in [3.63, 3.8) is 0 Å². The van der Waals surface area contributed by atoms with Crippen LogP contribution in [0.15, 0.2) is 24.3 Å². The zero-order chi connectivity index (χ0) is 8.10. The molecule has 0 saturated carbocycles. The van der Waals surface area contributed by atoms with E-state index in [0.29, 0.717) is 6.42 Å². The Morgan fingerprint density at radius 3 is 2.73 bits per heavy atom. The number of nitrogens with zero attached hydrogens (tertiary/aromatic N) is 1. The van der Waals surface area contributed by atoms with Crippen LogP contribution in [0.5, 0.6) is 0 Å². The first-order valence-corrected chi connectivity index (χ1v) is 3.55. The summed E-state index contributed by atoms with van der Waals surface area (Å²) in [7, 11) is 0. The fourth-order valence-electron chi connectivity index (χ4n) is 0.952. The van der Waals surface area contributed by atoms with Crippen molar-refractivity contribution in [2.75, 3.05) is 5.73 Å². The van der Waals surface area contributed by atoms with Crippen molar-refractivity contribution < 1.29 is 0 Å². The SMILES string of the molecule is N#CCCc1ccccc1N. The Kier molecular flexibility index (Phi) is 2.51. The quantitative estimate of drug-likeness (QED) is 0.646. The van der Waals surface area contributed by atoms with E-state index in [1.54, 1.807) is 0 Å². The van der Waals surface area contributed by atoms with Gasteiger partial charge in [-0.15, -0.1) is 0 Å². The van der Waals surface area contributed by atoms with Gasteiger partial charge in [-0.2, -0.15) is 5.26 Å². The monoisotopic (exact) mass is 146 g/mol. The smallest absolute Gasteiger partial charge is 0.0625 e. The summed E-state index contributed by atoms with van der Waals surface area (Å²) in [4.78, 5) is 0. The van der Waals surface area contributed by atoms with Gasteiger partial charge in [-0.3, -0.25) is 0 Å². The molecule has 0 amide bonds. The largest absolute Gasteiger partial charge is 0.399 e. The Balaban J connectivity index is 2.71. The summed E-state index contributed by atoms with van der Waals surface area (Å²) in [6, 6.07) is 9.72. The molecule has 2 heteroatoms. The molecule has 0 radical (unpaired) electrons. The Bertz CT molecular complexity index is 273. The van der Waals surface area contributed by atoms with Gasteiger partial charge in [0, 0.05) is 12.1 Å². The maximum absolute atomic E-state index is 8.33. The summed E-state index contributed by atoms with van der Waals surface area (Å²) in [6.45, 7) is 0. The molecule has 11 heavy (non-hydrogen) atoms. The number of anilines is 1. The molecule has 1 aromatic carbocycles. The van der Waals surface area contributed by atoms with Crippen LogP contribution in [0, 0.1) is 11.3 Å². The van der Waals surface area contributed by atoms with E-state index in [0.717, 1.165) is 17.7 Å². The minimum Gasteiger partial charge on any atom is -0.399 e. The molecule has 2 nitrogen and oxygen atoms in total. The molecule has 0 heterocycles. The Morgan fingerprint density at radius 2 is 2.09 bits per heavy atom. The molecule has 0 bridgehead atoms. The normalized spacial score (nSPS) is 9.00. The molecule has 2 N–H and O–H groups in total. The van der Waals surface area contributed by atoms with Gasteiger partial charge < -0.3 is 5.73 Å². The van der Waals surface area contributed by atoms with Gasteiger partial charge in [0.25, 0.3) is 0 Å². The molecule has 0 atom stereocenters. The van der Waals surface area contributed by atoms with Gasteiger partial charge in [0.05, 0.1) is 6.07 Å². The molecule has 0 aliphatic heterocycles. The van der Waals surface area contributed by atoms with Crippen LogP contribution in [0.3, 0.4) is 0 Å². The maximum atomic E-state index is 8.33.